The van der Waals surface area contributed by atoms with E-state index in [2.05, 4.69) is 0 Å². The van der Waals surface area contributed by atoms with Crippen LogP contribution in [0.4, 0.5) is 0 Å². The monoisotopic (exact) mass is 534 g/mol. The Morgan fingerprint density at radius 3 is 2.61 bits per heavy atom. The van der Waals surface area contributed by atoms with E-state index >= 15 is 0 Å². The van der Waals surface area contributed by atoms with Crippen molar-refractivity contribution in [1.82, 2.24) is 9.13 Å². The zero-order valence-corrected chi connectivity index (χ0v) is 22.9. The van der Waals surface area contributed by atoms with E-state index in [9.17, 15) is 14.7 Å². The molecule has 0 saturated carbocycles. The molecule has 7 nitrogen and oxygen atoms in total. The van der Waals surface area contributed by atoms with Crippen LogP contribution in [0, 0.1) is 13.8 Å². The van der Waals surface area contributed by atoms with Crippen LogP contribution in [0.25, 0.3) is 20.7 Å². The number of fused-ring (bicyclic) bond motifs is 1. The van der Waals surface area contributed by atoms with Gasteiger partial charge in [-0.15, -0.1) is 11.3 Å². The Kier molecular flexibility index (Phi) is 7.95. The lowest BCUT2D eigenvalue weighted by Gasteiger charge is -2.22. The molecule has 1 aliphatic heterocycles. The van der Waals surface area contributed by atoms with E-state index in [4.69, 9.17) is 9.47 Å². The molecule has 1 saturated heterocycles. The third-order valence-electron chi connectivity index (χ3n) is 7.12. The zero-order chi connectivity index (χ0) is 26.8. The molecule has 3 heterocycles. The minimum absolute atomic E-state index is 0.212. The Morgan fingerprint density at radius 2 is 1.89 bits per heavy atom. The number of hydrogen-bond acceptors (Lipinski definition) is 6. The van der Waals surface area contributed by atoms with Crippen LogP contribution in [0.15, 0.2) is 58.1 Å². The normalized spacial score (nSPS) is 16.7. The molecule has 2 unspecified atom stereocenters. The Balaban J connectivity index is 1.59. The predicted molar refractivity (Wildman–Crippen MR) is 151 cm³/mol. The van der Waals surface area contributed by atoms with E-state index in [0.717, 1.165) is 40.8 Å². The van der Waals surface area contributed by atoms with Gasteiger partial charge in [0.25, 0.3) is 5.56 Å². The molecule has 2 atom stereocenters. The van der Waals surface area contributed by atoms with Crippen molar-refractivity contribution in [3.05, 3.63) is 91.6 Å². The molecule has 1 fully saturated rings. The highest BCUT2D eigenvalue weighted by Gasteiger charge is 2.27. The van der Waals surface area contributed by atoms with Crippen LogP contribution < -0.4 is 11.2 Å². The summed E-state index contributed by atoms with van der Waals surface area (Å²) in [6.07, 6.45) is 2.26. The SMILES string of the molecule is Cc1ccc(C(O)c2c(-c3cccc(C)c3)sc3c2c(=O)n(CCCOC2CCCCO2)c(=O)n3C)cc1. The van der Waals surface area contributed by atoms with Gasteiger partial charge in [-0.25, -0.2) is 4.79 Å². The summed E-state index contributed by atoms with van der Waals surface area (Å²) < 4.78 is 14.2. The van der Waals surface area contributed by atoms with Crippen molar-refractivity contribution in [2.24, 2.45) is 7.05 Å². The molecule has 5 rings (SSSR count). The van der Waals surface area contributed by atoms with E-state index in [0.29, 0.717) is 41.0 Å². The first kappa shape index (κ1) is 26.6. The van der Waals surface area contributed by atoms with Crippen LogP contribution in [0.1, 0.15) is 54.0 Å². The van der Waals surface area contributed by atoms with Crippen LogP contribution in [0.5, 0.6) is 0 Å². The number of rotatable bonds is 8. The highest BCUT2D eigenvalue weighted by Crippen LogP contribution is 2.42. The topological polar surface area (TPSA) is 82.7 Å². The number of aryl methyl sites for hydroxylation is 3. The molecular formula is C30H34N2O5S. The molecule has 0 bridgehead atoms. The molecule has 2 aromatic heterocycles. The molecule has 0 aliphatic carbocycles. The van der Waals surface area contributed by atoms with Crippen molar-refractivity contribution in [3.63, 3.8) is 0 Å². The highest BCUT2D eigenvalue weighted by molar-refractivity contribution is 7.22. The maximum atomic E-state index is 13.9. The number of nitrogens with zero attached hydrogens (tertiary/aromatic N) is 2. The predicted octanol–water partition coefficient (Wildman–Crippen LogP) is 5.06. The summed E-state index contributed by atoms with van der Waals surface area (Å²) in [5.74, 6) is 0. The van der Waals surface area contributed by atoms with Crippen LogP contribution in [0.2, 0.25) is 0 Å². The lowest BCUT2D eigenvalue weighted by molar-refractivity contribution is -0.163. The van der Waals surface area contributed by atoms with Gasteiger partial charge in [0.05, 0.1) is 12.0 Å². The van der Waals surface area contributed by atoms with Gasteiger partial charge in [0.1, 0.15) is 10.9 Å². The van der Waals surface area contributed by atoms with Crippen LogP contribution in [-0.2, 0) is 23.1 Å². The molecule has 2 aromatic carbocycles. The molecule has 4 aromatic rings. The standard InChI is InChI=1S/C30H34N2O5S/c1-19-11-13-21(14-12-19)26(33)24-25-28(34)32(15-7-17-37-23-10-4-5-16-36-23)30(35)31(3)29(25)38-27(24)22-9-6-8-20(2)18-22/h6,8-9,11-14,18,23,26,33H,4-5,7,10,15-17H2,1-3H3. The number of aromatic nitrogens is 2. The fourth-order valence-corrected chi connectivity index (χ4v) is 6.29. The average Bonchev–Trinajstić information content (AvgIpc) is 3.33. The second-order valence-corrected chi connectivity index (χ2v) is 11.0. The first-order valence-corrected chi connectivity index (χ1v) is 14.0. The highest BCUT2D eigenvalue weighted by atomic mass is 32.1. The second kappa shape index (κ2) is 11.4. The lowest BCUT2D eigenvalue weighted by Crippen LogP contribution is -2.39. The van der Waals surface area contributed by atoms with E-state index in [-0.39, 0.29) is 24.1 Å². The van der Waals surface area contributed by atoms with Crippen LogP contribution in [-0.4, -0.2) is 33.7 Å². The number of benzene rings is 2. The van der Waals surface area contributed by atoms with Crippen molar-refractivity contribution in [1.29, 1.82) is 0 Å². The summed E-state index contributed by atoms with van der Waals surface area (Å²) >= 11 is 1.37. The summed E-state index contributed by atoms with van der Waals surface area (Å²) in [5, 5.41) is 12.0. The molecule has 1 aliphatic rings. The fourth-order valence-electron chi connectivity index (χ4n) is 5.02. The van der Waals surface area contributed by atoms with Crippen molar-refractivity contribution in [2.75, 3.05) is 13.2 Å². The Morgan fingerprint density at radius 1 is 1.11 bits per heavy atom. The summed E-state index contributed by atoms with van der Waals surface area (Å²) in [7, 11) is 1.69. The van der Waals surface area contributed by atoms with Gasteiger partial charge in [-0.05, 0) is 50.7 Å². The largest absolute Gasteiger partial charge is 0.384 e. The van der Waals surface area contributed by atoms with E-state index in [1.807, 2.05) is 62.4 Å². The van der Waals surface area contributed by atoms with E-state index in [1.54, 1.807) is 7.05 Å². The number of aliphatic hydroxyl groups is 1. The number of aliphatic hydroxyl groups excluding tert-OH is 1. The molecule has 0 radical (unpaired) electrons. The lowest BCUT2D eigenvalue weighted by atomic mass is 9.96. The van der Waals surface area contributed by atoms with Gasteiger partial charge >= 0.3 is 5.69 Å². The van der Waals surface area contributed by atoms with Gasteiger partial charge in [0, 0.05) is 30.6 Å². The van der Waals surface area contributed by atoms with Gasteiger partial charge in [0.15, 0.2) is 6.29 Å². The Hall–Kier alpha value is -3.04. The third-order valence-corrected chi connectivity index (χ3v) is 8.45. The molecule has 0 spiro atoms. The van der Waals surface area contributed by atoms with Crippen LogP contribution >= 0.6 is 11.3 Å². The second-order valence-electron chi connectivity index (χ2n) is 10.0. The van der Waals surface area contributed by atoms with Gasteiger partial charge in [0.2, 0.25) is 0 Å². The van der Waals surface area contributed by atoms with Crippen molar-refractivity contribution in [3.8, 4) is 10.4 Å². The van der Waals surface area contributed by atoms with Crippen molar-refractivity contribution in [2.45, 2.75) is 58.5 Å². The van der Waals surface area contributed by atoms with E-state index < -0.39 is 6.10 Å². The summed E-state index contributed by atoms with van der Waals surface area (Å²) in [4.78, 5) is 28.5. The fraction of sp³-hybridized carbons (Fsp3) is 0.400. The summed E-state index contributed by atoms with van der Waals surface area (Å²) in [6.45, 7) is 5.33. The molecule has 1 N–H and O–H groups in total. The van der Waals surface area contributed by atoms with Crippen LogP contribution in [0.3, 0.4) is 0 Å². The Bertz CT molecular complexity index is 1540. The van der Waals surface area contributed by atoms with Gasteiger partial charge in [-0.3, -0.25) is 13.9 Å². The van der Waals surface area contributed by atoms with Crippen molar-refractivity contribution >= 4 is 21.6 Å². The van der Waals surface area contributed by atoms with Gasteiger partial charge in [-0.1, -0.05) is 59.7 Å². The Labute approximate surface area is 225 Å². The quantitative estimate of drug-likeness (QED) is 0.320. The third kappa shape index (κ3) is 5.27. The average molecular weight is 535 g/mol. The smallest absolute Gasteiger partial charge is 0.331 e. The number of thiophene rings is 1. The number of hydrogen-bond donors (Lipinski definition) is 1. The van der Waals surface area contributed by atoms with Crippen molar-refractivity contribution < 1.29 is 14.6 Å². The molecule has 200 valence electrons. The number of ether oxygens (including phenoxy) is 2. The van der Waals surface area contributed by atoms with Gasteiger partial charge < -0.3 is 14.6 Å². The van der Waals surface area contributed by atoms with E-state index in [1.165, 1.54) is 20.5 Å². The maximum Gasteiger partial charge on any atom is 0.331 e. The van der Waals surface area contributed by atoms with Gasteiger partial charge in [-0.2, -0.15) is 0 Å². The molecule has 0 amide bonds. The minimum atomic E-state index is -1.02. The molecular weight excluding hydrogens is 500 g/mol. The minimum Gasteiger partial charge on any atom is -0.384 e. The summed E-state index contributed by atoms with van der Waals surface area (Å²) in [5.41, 5.74) is 3.56. The zero-order valence-electron chi connectivity index (χ0n) is 22.1. The summed E-state index contributed by atoms with van der Waals surface area (Å²) in [6, 6.07) is 15.7. The maximum absolute atomic E-state index is 13.9. The molecule has 8 heteroatoms. The molecule has 38 heavy (non-hydrogen) atoms. The first-order chi connectivity index (χ1) is 18.3. The first-order valence-electron chi connectivity index (χ1n) is 13.2.